The van der Waals surface area contributed by atoms with Crippen LogP contribution in [-0.4, -0.2) is 9.78 Å². The quantitative estimate of drug-likeness (QED) is 0.769. The van der Waals surface area contributed by atoms with Gasteiger partial charge >= 0.3 is 0 Å². The molecule has 2 aromatic rings. The van der Waals surface area contributed by atoms with Gasteiger partial charge in [0.2, 0.25) is 0 Å². The molecule has 3 heteroatoms. The average molecular weight is 261 g/mol. The van der Waals surface area contributed by atoms with E-state index in [2.05, 4.69) is 35.6 Å². The fourth-order valence-corrected chi connectivity index (χ4v) is 2.98. The number of hydrogen-bond acceptors (Lipinski definition) is 1. The Balaban J connectivity index is 1.81. The van der Waals surface area contributed by atoms with Gasteiger partial charge in [0, 0.05) is 24.2 Å². The van der Waals surface area contributed by atoms with Crippen LogP contribution in [0.5, 0.6) is 0 Å². The molecule has 2 nitrogen and oxygen atoms in total. The Morgan fingerprint density at radius 2 is 2.22 bits per heavy atom. The van der Waals surface area contributed by atoms with E-state index in [0.29, 0.717) is 11.8 Å². The van der Waals surface area contributed by atoms with Crippen molar-refractivity contribution in [1.29, 1.82) is 0 Å². The van der Waals surface area contributed by atoms with Crippen LogP contribution in [-0.2, 0) is 18.8 Å². The van der Waals surface area contributed by atoms with Gasteiger partial charge in [0.25, 0.3) is 0 Å². The maximum Gasteiger partial charge on any atom is 0.0533 e. The third-order valence-corrected chi connectivity index (χ3v) is 4.05. The summed E-state index contributed by atoms with van der Waals surface area (Å²) in [7, 11) is 0. The largest absolute Gasteiger partial charge is 0.272 e. The summed E-state index contributed by atoms with van der Waals surface area (Å²) in [4.78, 5) is 0. The van der Waals surface area contributed by atoms with Crippen LogP contribution in [0, 0.1) is 0 Å². The van der Waals surface area contributed by atoms with E-state index in [-0.39, 0.29) is 0 Å². The Morgan fingerprint density at radius 3 is 3.06 bits per heavy atom. The van der Waals surface area contributed by atoms with E-state index in [1.807, 2.05) is 10.9 Å². The van der Waals surface area contributed by atoms with Crippen LogP contribution < -0.4 is 0 Å². The summed E-state index contributed by atoms with van der Waals surface area (Å²) in [6.45, 7) is 0.966. The van der Waals surface area contributed by atoms with E-state index in [1.54, 1.807) is 0 Å². The van der Waals surface area contributed by atoms with Crippen molar-refractivity contribution in [3.05, 3.63) is 53.3 Å². The zero-order valence-electron chi connectivity index (χ0n) is 10.3. The van der Waals surface area contributed by atoms with Gasteiger partial charge in [-0.05, 0) is 30.4 Å². The molecule has 0 spiro atoms. The summed E-state index contributed by atoms with van der Waals surface area (Å²) in [5, 5.41) is 4.39. The van der Waals surface area contributed by atoms with Crippen molar-refractivity contribution >= 4 is 11.6 Å². The van der Waals surface area contributed by atoms with E-state index in [0.717, 1.165) is 12.1 Å². The average Bonchev–Trinajstić information content (AvgIpc) is 2.87. The number of hydrogen-bond donors (Lipinski definition) is 0. The van der Waals surface area contributed by atoms with Gasteiger partial charge in [-0.2, -0.15) is 5.10 Å². The first-order chi connectivity index (χ1) is 8.86. The molecule has 94 valence electrons. The maximum absolute atomic E-state index is 5.81. The third-order valence-electron chi connectivity index (χ3n) is 3.74. The standard InChI is InChI=1S/C15H17ClN2/c16-8-12-9-17-18(10-12)11-14-6-3-5-13-4-1-2-7-15(13)14/h1-2,4,7,9-10,14H,3,5-6,8,11H2. The highest BCUT2D eigenvalue weighted by Gasteiger charge is 2.20. The second-order valence-electron chi connectivity index (χ2n) is 4.99. The Kier molecular flexibility index (Phi) is 3.37. The molecule has 3 rings (SSSR count). The second-order valence-corrected chi connectivity index (χ2v) is 5.26. The van der Waals surface area contributed by atoms with E-state index in [9.17, 15) is 0 Å². The van der Waals surface area contributed by atoms with Crippen molar-refractivity contribution in [3.63, 3.8) is 0 Å². The lowest BCUT2D eigenvalue weighted by Gasteiger charge is -2.25. The molecule has 0 radical (unpaired) electrons. The molecule has 1 aliphatic carbocycles. The highest BCUT2D eigenvalue weighted by molar-refractivity contribution is 6.17. The molecule has 1 aromatic heterocycles. The molecular formula is C15H17ClN2. The summed E-state index contributed by atoms with van der Waals surface area (Å²) in [6.07, 6.45) is 7.68. The van der Waals surface area contributed by atoms with Gasteiger partial charge in [-0.3, -0.25) is 4.68 Å². The molecule has 1 heterocycles. The Morgan fingerprint density at radius 1 is 1.33 bits per heavy atom. The van der Waals surface area contributed by atoms with Gasteiger partial charge in [-0.1, -0.05) is 24.3 Å². The zero-order chi connectivity index (χ0) is 12.4. The lowest BCUT2D eigenvalue weighted by Crippen LogP contribution is -2.15. The predicted molar refractivity (Wildman–Crippen MR) is 73.9 cm³/mol. The molecule has 1 aliphatic rings. The lowest BCUT2D eigenvalue weighted by atomic mass is 9.83. The van der Waals surface area contributed by atoms with Crippen molar-refractivity contribution < 1.29 is 0 Å². The lowest BCUT2D eigenvalue weighted by molar-refractivity contribution is 0.457. The van der Waals surface area contributed by atoms with Gasteiger partial charge in [-0.25, -0.2) is 0 Å². The van der Waals surface area contributed by atoms with Crippen LogP contribution in [0.3, 0.4) is 0 Å². The van der Waals surface area contributed by atoms with Gasteiger partial charge in [0.15, 0.2) is 0 Å². The smallest absolute Gasteiger partial charge is 0.0533 e. The second kappa shape index (κ2) is 5.15. The van der Waals surface area contributed by atoms with Crippen molar-refractivity contribution in [2.24, 2.45) is 0 Å². The minimum atomic E-state index is 0.543. The molecule has 0 N–H and O–H groups in total. The molecule has 1 unspecified atom stereocenters. The van der Waals surface area contributed by atoms with Crippen LogP contribution in [0.25, 0.3) is 0 Å². The molecule has 0 saturated carbocycles. The normalized spacial score (nSPS) is 18.6. The maximum atomic E-state index is 5.81. The molecule has 0 saturated heterocycles. The Hall–Kier alpha value is -1.28. The van der Waals surface area contributed by atoms with Crippen LogP contribution >= 0.6 is 11.6 Å². The molecule has 0 amide bonds. The number of aromatic nitrogens is 2. The van der Waals surface area contributed by atoms with Crippen LogP contribution in [0.1, 0.15) is 35.4 Å². The van der Waals surface area contributed by atoms with Gasteiger partial charge in [0.1, 0.15) is 0 Å². The molecule has 1 atom stereocenters. The summed E-state index contributed by atoms with van der Waals surface area (Å²) >= 11 is 5.81. The fraction of sp³-hybridized carbons (Fsp3) is 0.400. The zero-order valence-corrected chi connectivity index (χ0v) is 11.1. The molecule has 0 aliphatic heterocycles. The number of rotatable bonds is 3. The van der Waals surface area contributed by atoms with Crippen LogP contribution in [0.4, 0.5) is 0 Å². The molecule has 0 fully saturated rings. The van der Waals surface area contributed by atoms with Crippen molar-refractivity contribution in [3.8, 4) is 0 Å². The minimum Gasteiger partial charge on any atom is -0.272 e. The molecule has 1 aromatic carbocycles. The first kappa shape index (κ1) is 11.8. The van der Waals surface area contributed by atoms with Gasteiger partial charge in [-0.15, -0.1) is 11.6 Å². The Labute approximate surface area is 113 Å². The van der Waals surface area contributed by atoms with E-state index >= 15 is 0 Å². The number of benzene rings is 1. The first-order valence-electron chi connectivity index (χ1n) is 6.52. The third kappa shape index (κ3) is 2.30. The summed E-state index contributed by atoms with van der Waals surface area (Å²) in [5.74, 6) is 1.14. The van der Waals surface area contributed by atoms with Gasteiger partial charge < -0.3 is 0 Å². The molecule has 0 bridgehead atoms. The number of halogens is 1. The van der Waals surface area contributed by atoms with E-state index < -0.39 is 0 Å². The highest BCUT2D eigenvalue weighted by Crippen LogP contribution is 2.32. The number of fused-ring (bicyclic) bond motifs is 1. The summed E-state index contributed by atoms with van der Waals surface area (Å²) in [6, 6.07) is 8.81. The number of alkyl halides is 1. The highest BCUT2D eigenvalue weighted by atomic mass is 35.5. The van der Waals surface area contributed by atoms with Gasteiger partial charge in [0.05, 0.1) is 12.1 Å². The SMILES string of the molecule is ClCc1cnn(CC2CCCc3ccccc32)c1. The summed E-state index contributed by atoms with van der Waals surface area (Å²) < 4.78 is 2.03. The van der Waals surface area contributed by atoms with E-state index in [1.165, 1.54) is 30.4 Å². The molecule has 18 heavy (non-hydrogen) atoms. The minimum absolute atomic E-state index is 0.543. The molecular weight excluding hydrogens is 244 g/mol. The summed E-state index contributed by atoms with van der Waals surface area (Å²) in [5.41, 5.74) is 4.12. The Bertz CT molecular complexity index is 533. The van der Waals surface area contributed by atoms with Crippen molar-refractivity contribution in [1.82, 2.24) is 9.78 Å². The number of aryl methyl sites for hydroxylation is 1. The predicted octanol–water partition coefficient (Wildman–Crippen LogP) is 3.74. The van der Waals surface area contributed by atoms with Crippen molar-refractivity contribution in [2.45, 2.75) is 37.6 Å². The van der Waals surface area contributed by atoms with Crippen LogP contribution in [0.15, 0.2) is 36.7 Å². The number of nitrogens with zero attached hydrogens (tertiary/aromatic N) is 2. The topological polar surface area (TPSA) is 17.8 Å². The monoisotopic (exact) mass is 260 g/mol. The van der Waals surface area contributed by atoms with E-state index in [4.69, 9.17) is 11.6 Å². The van der Waals surface area contributed by atoms with Crippen LogP contribution in [0.2, 0.25) is 0 Å². The first-order valence-corrected chi connectivity index (χ1v) is 7.05. The fourth-order valence-electron chi connectivity index (χ4n) is 2.85. The van der Waals surface area contributed by atoms with Crippen molar-refractivity contribution in [2.75, 3.05) is 0 Å².